The SMILES string of the molecule is C[C@H](NC(=O)CN1C(=O)NC(Cc2ccccc2)(Cc2ccccc2)C1=O)c1cccc2ccccc12. The van der Waals surface area contributed by atoms with Crippen LogP contribution in [-0.4, -0.2) is 34.8 Å². The minimum atomic E-state index is -1.17. The van der Waals surface area contributed by atoms with E-state index in [1.807, 2.05) is 110 Å². The van der Waals surface area contributed by atoms with Crippen molar-refractivity contribution in [2.45, 2.75) is 31.3 Å². The van der Waals surface area contributed by atoms with Crippen LogP contribution in [0, 0.1) is 0 Å². The van der Waals surface area contributed by atoms with Crippen LogP contribution >= 0.6 is 0 Å². The van der Waals surface area contributed by atoms with Crippen LogP contribution in [0.25, 0.3) is 10.8 Å². The minimum absolute atomic E-state index is 0.294. The van der Waals surface area contributed by atoms with Crippen LogP contribution in [0.5, 0.6) is 0 Å². The maximum atomic E-state index is 13.8. The summed E-state index contributed by atoms with van der Waals surface area (Å²) in [5, 5.41) is 8.04. The van der Waals surface area contributed by atoms with Gasteiger partial charge in [-0.2, -0.15) is 0 Å². The molecule has 1 aliphatic rings. The molecule has 0 bridgehead atoms. The Bertz CT molecular complexity index is 1390. The van der Waals surface area contributed by atoms with Crippen LogP contribution in [0.2, 0.25) is 0 Å². The van der Waals surface area contributed by atoms with Crippen molar-refractivity contribution in [1.82, 2.24) is 15.5 Å². The summed E-state index contributed by atoms with van der Waals surface area (Å²) in [7, 11) is 0. The molecule has 4 amide bonds. The average molecular weight is 492 g/mol. The van der Waals surface area contributed by atoms with Gasteiger partial charge in [-0.25, -0.2) is 4.79 Å². The number of carbonyl (C=O) groups excluding carboxylic acids is 3. The van der Waals surface area contributed by atoms with Gasteiger partial charge in [-0.1, -0.05) is 103 Å². The van der Waals surface area contributed by atoms with Gasteiger partial charge in [0.1, 0.15) is 12.1 Å². The lowest BCUT2D eigenvalue weighted by Crippen LogP contribution is -2.51. The van der Waals surface area contributed by atoms with Gasteiger partial charge >= 0.3 is 6.03 Å². The number of imide groups is 1. The van der Waals surface area contributed by atoms with Crippen molar-refractivity contribution in [3.8, 4) is 0 Å². The molecule has 1 saturated heterocycles. The Balaban J connectivity index is 1.35. The Labute approximate surface area is 216 Å². The summed E-state index contributed by atoms with van der Waals surface area (Å²) >= 11 is 0. The summed E-state index contributed by atoms with van der Waals surface area (Å²) in [4.78, 5) is 40.9. The Hall–Kier alpha value is -4.45. The van der Waals surface area contributed by atoms with E-state index in [1.54, 1.807) is 0 Å². The highest BCUT2D eigenvalue weighted by atomic mass is 16.2. The summed E-state index contributed by atoms with van der Waals surface area (Å²) in [6.07, 6.45) is 0.662. The lowest BCUT2D eigenvalue weighted by Gasteiger charge is -2.27. The number of hydrogen-bond donors (Lipinski definition) is 2. The van der Waals surface area contributed by atoms with E-state index in [2.05, 4.69) is 10.6 Å². The second-order valence-electron chi connectivity index (χ2n) is 9.59. The van der Waals surface area contributed by atoms with E-state index < -0.39 is 17.5 Å². The zero-order valence-electron chi connectivity index (χ0n) is 20.7. The third-order valence-electron chi connectivity index (χ3n) is 6.91. The van der Waals surface area contributed by atoms with Crippen molar-refractivity contribution in [1.29, 1.82) is 0 Å². The van der Waals surface area contributed by atoms with E-state index in [4.69, 9.17) is 0 Å². The van der Waals surface area contributed by atoms with Crippen molar-refractivity contribution in [3.63, 3.8) is 0 Å². The molecule has 4 aromatic carbocycles. The Morgan fingerprint density at radius 3 is 2.03 bits per heavy atom. The summed E-state index contributed by atoms with van der Waals surface area (Å²) < 4.78 is 0. The fraction of sp³-hybridized carbons (Fsp3) is 0.194. The Morgan fingerprint density at radius 1 is 0.811 bits per heavy atom. The van der Waals surface area contributed by atoms with Crippen LogP contribution in [0.1, 0.15) is 29.7 Å². The molecular formula is C31H29N3O3. The first-order valence-corrected chi connectivity index (χ1v) is 12.4. The molecule has 1 aliphatic heterocycles. The van der Waals surface area contributed by atoms with Gasteiger partial charge in [-0.3, -0.25) is 14.5 Å². The number of amides is 4. The first kappa shape index (κ1) is 24.3. The number of hydrogen-bond acceptors (Lipinski definition) is 3. The second kappa shape index (κ2) is 10.3. The molecule has 186 valence electrons. The fourth-order valence-corrected chi connectivity index (χ4v) is 5.15. The highest BCUT2D eigenvalue weighted by Gasteiger charge is 2.51. The van der Waals surface area contributed by atoms with Crippen LogP contribution < -0.4 is 10.6 Å². The number of carbonyl (C=O) groups is 3. The molecule has 0 aliphatic carbocycles. The Morgan fingerprint density at radius 2 is 1.38 bits per heavy atom. The highest BCUT2D eigenvalue weighted by molar-refractivity contribution is 6.09. The molecule has 6 heteroatoms. The van der Waals surface area contributed by atoms with Crippen LogP contribution in [-0.2, 0) is 22.4 Å². The first-order chi connectivity index (χ1) is 17.9. The molecular weight excluding hydrogens is 462 g/mol. The van der Waals surface area contributed by atoms with E-state index in [9.17, 15) is 14.4 Å². The molecule has 0 aromatic heterocycles. The molecule has 1 heterocycles. The first-order valence-electron chi connectivity index (χ1n) is 12.4. The van der Waals surface area contributed by atoms with E-state index in [0.29, 0.717) is 12.8 Å². The smallest absolute Gasteiger partial charge is 0.325 e. The van der Waals surface area contributed by atoms with Crippen molar-refractivity contribution < 1.29 is 14.4 Å². The summed E-state index contributed by atoms with van der Waals surface area (Å²) in [6.45, 7) is 1.56. The van der Waals surface area contributed by atoms with Crippen LogP contribution in [0.15, 0.2) is 103 Å². The number of nitrogens with zero attached hydrogens (tertiary/aromatic N) is 1. The molecule has 1 fully saturated rings. The van der Waals surface area contributed by atoms with Crippen LogP contribution in [0.3, 0.4) is 0 Å². The number of fused-ring (bicyclic) bond motifs is 1. The molecule has 0 radical (unpaired) electrons. The lowest BCUT2D eigenvalue weighted by atomic mass is 9.84. The van der Waals surface area contributed by atoms with E-state index in [1.165, 1.54) is 0 Å². The molecule has 5 rings (SSSR count). The molecule has 0 unspecified atom stereocenters. The highest BCUT2D eigenvalue weighted by Crippen LogP contribution is 2.28. The molecule has 0 saturated carbocycles. The van der Waals surface area contributed by atoms with E-state index >= 15 is 0 Å². The topological polar surface area (TPSA) is 78.5 Å². The summed E-state index contributed by atoms with van der Waals surface area (Å²) in [6, 6.07) is 32.3. The second-order valence-corrected chi connectivity index (χ2v) is 9.59. The molecule has 1 atom stereocenters. The summed E-state index contributed by atoms with van der Waals surface area (Å²) in [5.41, 5.74) is 1.68. The van der Waals surface area contributed by atoms with Crippen molar-refractivity contribution in [3.05, 3.63) is 120 Å². The lowest BCUT2D eigenvalue weighted by molar-refractivity contribution is -0.135. The molecule has 6 nitrogen and oxygen atoms in total. The van der Waals surface area contributed by atoms with Gasteiger partial charge in [0.25, 0.3) is 5.91 Å². The molecule has 4 aromatic rings. The quantitative estimate of drug-likeness (QED) is 0.348. The fourth-order valence-electron chi connectivity index (χ4n) is 5.15. The van der Waals surface area contributed by atoms with Gasteiger partial charge in [-0.05, 0) is 34.4 Å². The predicted molar refractivity (Wildman–Crippen MR) is 144 cm³/mol. The van der Waals surface area contributed by atoms with Gasteiger partial charge in [0.2, 0.25) is 5.91 Å². The third kappa shape index (κ3) is 5.09. The number of rotatable bonds is 8. The van der Waals surface area contributed by atoms with Gasteiger partial charge in [0.05, 0.1) is 6.04 Å². The predicted octanol–water partition coefficient (Wildman–Crippen LogP) is 4.79. The monoisotopic (exact) mass is 491 g/mol. The normalized spacial score (nSPS) is 15.4. The van der Waals surface area contributed by atoms with Crippen molar-refractivity contribution in [2.75, 3.05) is 6.54 Å². The van der Waals surface area contributed by atoms with E-state index in [-0.39, 0.29) is 18.5 Å². The zero-order chi connectivity index (χ0) is 25.8. The molecule has 37 heavy (non-hydrogen) atoms. The molecule has 0 spiro atoms. The van der Waals surface area contributed by atoms with Crippen molar-refractivity contribution in [2.24, 2.45) is 0 Å². The van der Waals surface area contributed by atoms with E-state index in [0.717, 1.165) is 32.4 Å². The maximum Gasteiger partial charge on any atom is 0.325 e. The van der Waals surface area contributed by atoms with Gasteiger partial charge in [0, 0.05) is 12.8 Å². The van der Waals surface area contributed by atoms with Gasteiger partial charge in [0.15, 0.2) is 0 Å². The van der Waals surface area contributed by atoms with Crippen LogP contribution in [0.4, 0.5) is 4.79 Å². The zero-order valence-corrected chi connectivity index (χ0v) is 20.7. The van der Waals surface area contributed by atoms with Gasteiger partial charge < -0.3 is 10.6 Å². The standard InChI is InChI=1S/C31H29N3O3/c1-22(26-18-10-16-25-15-8-9-17-27(25)26)32-28(35)21-34-29(36)31(33-30(34)37,19-23-11-4-2-5-12-23)20-24-13-6-3-7-14-24/h2-18,22H,19-21H2,1H3,(H,32,35)(H,33,37)/t22-/m0/s1. The number of urea groups is 1. The average Bonchev–Trinajstić information content (AvgIpc) is 3.13. The Kier molecular flexibility index (Phi) is 6.73. The number of nitrogens with one attached hydrogen (secondary N) is 2. The summed E-state index contributed by atoms with van der Waals surface area (Å²) in [5.74, 6) is -0.780. The largest absolute Gasteiger partial charge is 0.348 e. The third-order valence-corrected chi connectivity index (χ3v) is 6.91. The van der Waals surface area contributed by atoms with Crippen molar-refractivity contribution >= 4 is 28.6 Å². The maximum absolute atomic E-state index is 13.8. The van der Waals surface area contributed by atoms with Gasteiger partial charge in [-0.15, -0.1) is 0 Å². The molecule has 2 N–H and O–H groups in total. The minimum Gasteiger partial charge on any atom is -0.348 e. The number of benzene rings is 4.